The van der Waals surface area contributed by atoms with Crippen LogP contribution in [0.2, 0.25) is 0 Å². The van der Waals surface area contributed by atoms with Crippen molar-refractivity contribution in [1.29, 1.82) is 0 Å². The van der Waals surface area contributed by atoms with Gasteiger partial charge in [0, 0.05) is 0 Å². The molecule has 0 atom stereocenters. The van der Waals surface area contributed by atoms with E-state index in [-0.39, 0.29) is 6.17 Å². The number of hydrogen-bond donors (Lipinski definition) is 0. The molecule has 0 aliphatic carbocycles. The van der Waals surface area contributed by atoms with Gasteiger partial charge in [0.05, 0.1) is 11.0 Å². The van der Waals surface area contributed by atoms with Crippen molar-refractivity contribution in [2.75, 3.05) is 0 Å². The number of hydrogen-bond acceptors (Lipinski definition) is 4. The fourth-order valence-corrected chi connectivity index (χ4v) is 2.82. The van der Waals surface area contributed by atoms with Crippen molar-refractivity contribution in [2.45, 2.75) is 25.9 Å². The third-order valence-corrected chi connectivity index (χ3v) is 3.87. The largest absolute Gasteiger partial charge is 0.220 e. The highest BCUT2D eigenvalue weighted by molar-refractivity contribution is 5.75. The fourth-order valence-electron chi connectivity index (χ4n) is 2.82. The second kappa shape index (κ2) is 5.22. The molecule has 22 heavy (non-hydrogen) atoms. The van der Waals surface area contributed by atoms with E-state index in [2.05, 4.69) is 27.5 Å². The molecule has 0 unspecified atom stereocenters. The topological polar surface area (TPSA) is 61.4 Å². The normalized spacial score (nSPS) is 11.7. The van der Waals surface area contributed by atoms with Crippen LogP contribution in [0, 0.1) is 0 Å². The maximum absolute atomic E-state index is 4.36. The molecule has 4 aromatic rings. The van der Waals surface area contributed by atoms with Crippen molar-refractivity contribution in [3.63, 3.8) is 0 Å². The monoisotopic (exact) mass is 292 g/mol. The van der Waals surface area contributed by atoms with Crippen LogP contribution >= 0.6 is 0 Å². The Labute approximate surface area is 127 Å². The Morgan fingerprint density at radius 3 is 1.82 bits per heavy atom. The van der Waals surface area contributed by atoms with Crippen LogP contribution in [-0.4, -0.2) is 30.0 Å². The summed E-state index contributed by atoms with van der Waals surface area (Å²) < 4.78 is 3.89. The van der Waals surface area contributed by atoms with Crippen LogP contribution in [0.5, 0.6) is 0 Å². The van der Waals surface area contributed by atoms with Crippen molar-refractivity contribution < 1.29 is 0 Å². The van der Waals surface area contributed by atoms with Gasteiger partial charge < -0.3 is 0 Å². The van der Waals surface area contributed by atoms with Gasteiger partial charge in [-0.3, -0.25) is 0 Å². The zero-order valence-corrected chi connectivity index (χ0v) is 12.3. The molecule has 2 aromatic carbocycles. The van der Waals surface area contributed by atoms with Crippen molar-refractivity contribution in [3.05, 3.63) is 48.5 Å². The molecule has 0 aliphatic heterocycles. The second-order valence-corrected chi connectivity index (χ2v) is 5.31. The van der Waals surface area contributed by atoms with E-state index in [0.717, 1.165) is 34.9 Å². The van der Waals surface area contributed by atoms with Gasteiger partial charge in [-0.1, -0.05) is 48.0 Å². The zero-order valence-electron chi connectivity index (χ0n) is 12.3. The summed E-state index contributed by atoms with van der Waals surface area (Å²) in [4.78, 5) is 0. The molecule has 6 nitrogen and oxygen atoms in total. The lowest BCUT2D eigenvalue weighted by Gasteiger charge is -2.17. The first-order valence-electron chi connectivity index (χ1n) is 7.48. The summed E-state index contributed by atoms with van der Waals surface area (Å²) in [5, 5.41) is 17.2. The molecule has 0 saturated heterocycles. The predicted molar refractivity (Wildman–Crippen MR) is 84.4 cm³/mol. The lowest BCUT2D eigenvalue weighted by atomic mass is 10.2. The standard InChI is InChI=1S/C16H16N6/c1-2-7-16(21-14-10-5-3-8-12(14)17-19-21)22-15-11-6-4-9-13(15)18-20-22/h3-6,8-11,16H,2,7H2,1H3. The molecule has 4 rings (SSSR count). The second-order valence-electron chi connectivity index (χ2n) is 5.31. The average molecular weight is 292 g/mol. The van der Waals surface area contributed by atoms with Crippen LogP contribution in [0.25, 0.3) is 22.1 Å². The molecular weight excluding hydrogens is 276 g/mol. The van der Waals surface area contributed by atoms with Gasteiger partial charge in [0.2, 0.25) is 0 Å². The number of rotatable bonds is 4. The maximum Gasteiger partial charge on any atom is 0.148 e. The minimum Gasteiger partial charge on any atom is -0.220 e. The molecular formula is C16H16N6. The number of fused-ring (bicyclic) bond motifs is 2. The summed E-state index contributed by atoms with van der Waals surface area (Å²) in [6, 6.07) is 16.0. The molecule has 0 radical (unpaired) electrons. The number of benzene rings is 2. The molecule has 0 bridgehead atoms. The van der Waals surface area contributed by atoms with Crippen molar-refractivity contribution in [3.8, 4) is 0 Å². The van der Waals surface area contributed by atoms with Crippen molar-refractivity contribution >= 4 is 22.1 Å². The minimum absolute atomic E-state index is 0.0233. The highest BCUT2D eigenvalue weighted by Gasteiger charge is 2.20. The van der Waals surface area contributed by atoms with E-state index < -0.39 is 0 Å². The van der Waals surface area contributed by atoms with Gasteiger partial charge in [-0.15, -0.1) is 10.2 Å². The maximum atomic E-state index is 4.36. The molecule has 2 heterocycles. The van der Waals surface area contributed by atoms with E-state index in [1.54, 1.807) is 0 Å². The first kappa shape index (κ1) is 12.9. The van der Waals surface area contributed by atoms with Gasteiger partial charge in [-0.25, -0.2) is 9.36 Å². The summed E-state index contributed by atoms with van der Waals surface area (Å²) in [5.74, 6) is 0. The summed E-state index contributed by atoms with van der Waals surface area (Å²) in [6.07, 6.45) is 1.91. The van der Waals surface area contributed by atoms with Crippen LogP contribution in [0.3, 0.4) is 0 Å². The highest BCUT2D eigenvalue weighted by atomic mass is 15.5. The Kier molecular flexibility index (Phi) is 3.07. The Hall–Kier alpha value is -2.76. The Morgan fingerprint density at radius 2 is 1.32 bits per heavy atom. The van der Waals surface area contributed by atoms with Gasteiger partial charge in [-0.2, -0.15) is 0 Å². The van der Waals surface area contributed by atoms with Gasteiger partial charge in [0.25, 0.3) is 0 Å². The Bertz CT molecular complexity index is 848. The molecule has 0 aliphatic rings. The predicted octanol–water partition coefficient (Wildman–Crippen LogP) is 3.02. The first-order chi connectivity index (χ1) is 10.9. The van der Waals surface area contributed by atoms with Crippen molar-refractivity contribution in [1.82, 2.24) is 30.0 Å². The SMILES string of the molecule is CCCC(n1nnc2ccccc21)n1nnc2ccccc21. The molecule has 0 spiro atoms. The van der Waals surface area contributed by atoms with E-state index in [0.29, 0.717) is 0 Å². The smallest absolute Gasteiger partial charge is 0.148 e. The molecule has 6 heteroatoms. The van der Waals surface area contributed by atoms with Gasteiger partial charge in [0.15, 0.2) is 0 Å². The van der Waals surface area contributed by atoms with Gasteiger partial charge in [-0.05, 0) is 30.7 Å². The highest BCUT2D eigenvalue weighted by Crippen LogP contribution is 2.24. The van der Waals surface area contributed by atoms with Gasteiger partial charge in [0.1, 0.15) is 17.2 Å². The minimum atomic E-state index is -0.0233. The summed E-state index contributed by atoms with van der Waals surface area (Å²) >= 11 is 0. The Morgan fingerprint density at radius 1 is 0.818 bits per heavy atom. The Balaban J connectivity index is 1.91. The van der Waals surface area contributed by atoms with E-state index in [1.807, 2.05) is 57.9 Å². The number of aromatic nitrogens is 6. The zero-order chi connectivity index (χ0) is 14.9. The molecule has 110 valence electrons. The average Bonchev–Trinajstić information content (AvgIpc) is 3.17. The van der Waals surface area contributed by atoms with Gasteiger partial charge >= 0.3 is 0 Å². The first-order valence-corrected chi connectivity index (χ1v) is 7.48. The van der Waals surface area contributed by atoms with Crippen LogP contribution in [0.4, 0.5) is 0 Å². The van der Waals surface area contributed by atoms with E-state index in [1.165, 1.54) is 0 Å². The molecule has 0 amide bonds. The van der Waals surface area contributed by atoms with E-state index in [9.17, 15) is 0 Å². The summed E-state index contributed by atoms with van der Waals surface area (Å²) in [6.45, 7) is 2.16. The fraction of sp³-hybridized carbons (Fsp3) is 0.250. The molecule has 0 fully saturated rings. The van der Waals surface area contributed by atoms with Crippen LogP contribution in [0.1, 0.15) is 25.9 Å². The number of para-hydroxylation sites is 2. The third kappa shape index (κ3) is 1.95. The van der Waals surface area contributed by atoms with Crippen LogP contribution in [0.15, 0.2) is 48.5 Å². The lowest BCUT2D eigenvalue weighted by molar-refractivity contribution is 0.340. The molecule has 0 saturated carbocycles. The third-order valence-electron chi connectivity index (χ3n) is 3.87. The summed E-state index contributed by atoms with van der Waals surface area (Å²) in [5.41, 5.74) is 3.82. The molecule has 2 aromatic heterocycles. The summed E-state index contributed by atoms with van der Waals surface area (Å²) in [7, 11) is 0. The van der Waals surface area contributed by atoms with Crippen LogP contribution in [-0.2, 0) is 0 Å². The van der Waals surface area contributed by atoms with Crippen molar-refractivity contribution in [2.24, 2.45) is 0 Å². The van der Waals surface area contributed by atoms with E-state index in [4.69, 9.17) is 0 Å². The lowest BCUT2D eigenvalue weighted by Crippen LogP contribution is -2.20. The number of nitrogens with zero attached hydrogens (tertiary/aromatic N) is 6. The molecule has 0 N–H and O–H groups in total. The van der Waals surface area contributed by atoms with E-state index >= 15 is 0 Å². The van der Waals surface area contributed by atoms with Crippen LogP contribution < -0.4 is 0 Å². The quantitative estimate of drug-likeness (QED) is 0.580.